The first kappa shape index (κ1) is 12.0. The van der Waals surface area contributed by atoms with Gasteiger partial charge in [0.05, 0.1) is 6.42 Å². The Labute approximate surface area is 102 Å². The van der Waals surface area contributed by atoms with Crippen molar-refractivity contribution in [2.75, 3.05) is 5.32 Å². The summed E-state index contributed by atoms with van der Waals surface area (Å²) in [6, 6.07) is 8.33. The molecule has 1 fully saturated rings. The Morgan fingerprint density at radius 3 is 2.41 bits per heavy atom. The highest BCUT2D eigenvalue weighted by molar-refractivity contribution is 5.70. The van der Waals surface area contributed by atoms with Crippen molar-refractivity contribution in [1.82, 2.24) is 0 Å². The third kappa shape index (κ3) is 3.77. The van der Waals surface area contributed by atoms with E-state index in [1.165, 1.54) is 32.1 Å². The summed E-state index contributed by atoms with van der Waals surface area (Å²) in [6.45, 7) is 0. The topological polar surface area (TPSA) is 49.3 Å². The Hall–Kier alpha value is -1.51. The van der Waals surface area contributed by atoms with Crippen LogP contribution in [-0.2, 0) is 11.2 Å². The number of benzene rings is 1. The number of anilines is 1. The third-order valence-corrected chi connectivity index (χ3v) is 3.29. The SMILES string of the molecule is O=C(O)Cc1ccc(NC2CCCCC2)cc1. The Morgan fingerprint density at radius 1 is 1.18 bits per heavy atom. The number of nitrogens with one attached hydrogen (secondary N) is 1. The van der Waals surface area contributed by atoms with Crippen molar-refractivity contribution in [2.24, 2.45) is 0 Å². The average Bonchev–Trinajstić information content (AvgIpc) is 2.32. The van der Waals surface area contributed by atoms with E-state index in [4.69, 9.17) is 5.11 Å². The molecule has 17 heavy (non-hydrogen) atoms. The van der Waals surface area contributed by atoms with Crippen LogP contribution < -0.4 is 5.32 Å². The molecule has 2 rings (SSSR count). The summed E-state index contributed by atoms with van der Waals surface area (Å²) >= 11 is 0. The van der Waals surface area contributed by atoms with Gasteiger partial charge in [-0.15, -0.1) is 0 Å². The van der Waals surface area contributed by atoms with Gasteiger partial charge in [0.25, 0.3) is 0 Å². The molecule has 0 unspecified atom stereocenters. The number of carboxylic acids is 1. The molecule has 0 bridgehead atoms. The van der Waals surface area contributed by atoms with Crippen LogP contribution in [0.25, 0.3) is 0 Å². The molecule has 1 aliphatic carbocycles. The smallest absolute Gasteiger partial charge is 0.307 e. The summed E-state index contributed by atoms with van der Waals surface area (Å²) in [5.74, 6) is -0.780. The number of hydrogen-bond acceptors (Lipinski definition) is 2. The highest BCUT2D eigenvalue weighted by Crippen LogP contribution is 2.21. The van der Waals surface area contributed by atoms with Gasteiger partial charge in [-0.25, -0.2) is 0 Å². The second kappa shape index (κ2) is 5.71. The second-order valence-electron chi connectivity index (χ2n) is 4.75. The molecule has 1 aromatic rings. The minimum atomic E-state index is -0.780. The molecule has 1 saturated carbocycles. The van der Waals surface area contributed by atoms with Crippen LogP contribution in [0.3, 0.4) is 0 Å². The number of rotatable bonds is 4. The highest BCUT2D eigenvalue weighted by atomic mass is 16.4. The standard InChI is InChI=1S/C14H19NO2/c16-14(17)10-11-6-8-13(9-7-11)15-12-4-2-1-3-5-12/h6-9,12,15H,1-5,10H2,(H,16,17). The fourth-order valence-corrected chi connectivity index (χ4v) is 2.38. The summed E-state index contributed by atoms with van der Waals surface area (Å²) in [7, 11) is 0. The average molecular weight is 233 g/mol. The lowest BCUT2D eigenvalue weighted by molar-refractivity contribution is -0.136. The summed E-state index contributed by atoms with van der Waals surface area (Å²) in [6.07, 6.45) is 6.58. The molecule has 3 heteroatoms. The minimum Gasteiger partial charge on any atom is -0.481 e. The highest BCUT2D eigenvalue weighted by Gasteiger charge is 2.12. The number of hydrogen-bond donors (Lipinski definition) is 2. The maximum Gasteiger partial charge on any atom is 0.307 e. The molecule has 0 amide bonds. The van der Waals surface area contributed by atoms with Gasteiger partial charge in [-0.2, -0.15) is 0 Å². The zero-order valence-corrected chi connectivity index (χ0v) is 9.98. The summed E-state index contributed by atoms with van der Waals surface area (Å²) in [5.41, 5.74) is 1.96. The molecule has 1 aromatic carbocycles. The van der Waals surface area contributed by atoms with E-state index in [-0.39, 0.29) is 6.42 Å². The lowest BCUT2D eigenvalue weighted by Gasteiger charge is -2.23. The van der Waals surface area contributed by atoms with Gasteiger partial charge in [0.1, 0.15) is 0 Å². The first-order valence-corrected chi connectivity index (χ1v) is 6.31. The van der Waals surface area contributed by atoms with Crippen LogP contribution in [-0.4, -0.2) is 17.1 Å². The van der Waals surface area contributed by atoms with Crippen LogP contribution in [0.1, 0.15) is 37.7 Å². The summed E-state index contributed by atoms with van der Waals surface area (Å²) in [4.78, 5) is 10.6. The Bertz CT molecular complexity index is 366. The molecular formula is C14H19NO2. The lowest BCUT2D eigenvalue weighted by Crippen LogP contribution is -2.22. The van der Waals surface area contributed by atoms with Gasteiger partial charge < -0.3 is 10.4 Å². The number of carbonyl (C=O) groups is 1. The normalized spacial score (nSPS) is 16.7. The zero-order valence-electron chi connectivity index (χ0n) is 9.98. The quantitative estimate of drug-likeness (QED) is 0.840. The van der Waals surface area contributed by atoms with Gasteiger partial charge in [0.15, 0.2) is 0 Å². The molecule has 2 N–H and O–H groups in total. The molecule has 1 aliphatic rings. The van der Waals surface area contributed by atoms with Crippen LogP contribution in [0, 0.1) is 0 Å². The van der Waals surface area contributed by atoms with Crippen molar-refractivity contribution in [3.8, 4) is 0 Å². The fraction of sp³-hybridized carbons (Fsp3) is 0.500. The van der Waals surface area contributed by atoms with Crippen molar-refractivity contribution in [2.45, 2.75) is 44.6 Å². The first-order valence-electron chi connectivity index (χ1n) is 6.31. The van der Waals surface area contributed by atoms with Crippen LogP contribution in [0.5, 0.6) is 0 Å². The maximum absolute atomic E-state index is 10.6. The van der Waals surface area contributed by atoms with Crippen LogP contribution >= 0.6 is 0 Å². The fourth-order valence-electron chi connectivity index (χ4n) is 2.38. The monoisotopic (exact) mass is 233 g/mol. The third-order valence-electron chi connectivity index (χ3n) is 3.29. The van der Waals surface area contributed by atoms with E-state index in [9.17, 15) is 4.79 Å². The molecule has 0 radical (unpaired) electrons. The Balaban J connectivity index is 1.90. The largest absolute Gasteiger partial charge is 0.481 e. The van der Waals surface area contributed by atoms with Gasteiger partial charge >= 0.3 is 5.97 Å². The van der Waals surface area contributed by atoms with Crippen molar-refractivity contribution in [1.29, 1.82) is 0 Å². The molecule has 0 atom stereocenters. The van der Waals surface area contributed by atoms with Gasteiger partial charge in [0.2, 0.25) is 0 Å². The van der Waals surface area contributed by atoms with Gasteiger partial charge in [-0.05, 0) is 30.5 Å². The number of carboxylic acid groups (broad SMARTS) is 1. The first-order chi connectivity index (χ1) is 8.24. The van der Waals surface area contributed by atoms with E-state index in [0.29, 0.717) is 6.04 Å². The molecule has 0 spiro atoms. The predicted molar refractivity (Wildman–Crippen MR) is 68.3 cm³/mol. The van der Waals surface area contributed by atoms with E-state index in [0.717, 1.165) is 11.3 Å². The Morgan fingerprint density at radius 2 is 1.82 bits per heavy atom. The van der Waals surface area contributed by atoms with Crippen molar-refractivity contribution in [3.63, 3.8) is 0 Å². The van der Waals surface area contributed by atoms with Gasteiger partial charge in [0, 0.05) is 11.7 Å². The van der Waals surface area contributed by atoms with Crippen molar-refractivity contribution < 1.29 is 9.90 Å². The van der Waals surface area contributed by atoms with Crippen LogP contribution in [0.2, 0.25) is 0 Å². The van der Waals surface area contributed by atoms with E-state index in [2.05, 4.69) is 5.32 Å². The molecule has 92 valence electrons. The van der Waals surface area contributed by atoms with E-state index >= 15 is 0 Å². The summed E-state index contributed by atoms with van der Waals surface area (Å²) in [5, 5.41) is 12.2. The molecule has 0 aliphatic heterocycles. The number of aliphatic carboxylic acids is 1. The van der Waals surface area contributed by atoms with Gasteiger partial charge in [-0.1, -0.05) is 31.4 Å². The molecule has 0 heterocycles. The van der Waals surface area contributed by atoms with Crippen LogP contribution in [0.15, 0.2) is 24.3 Å². The van der Waals surface area contributed by atoms with E-state index in [1.807, 2.05) is 24.3 Å². The van der Waals surface area contributed by atoms with Gasteiger partial charge in [-0.3, -0.25) is 4.79 Å². The lowest BCUT2D eigenvalue weighted by atomic mass is 9.95. The van der Waals surface area contributed by atoms with E-state index < -0.39 is 5.97 Å². The maximum atomic E-state index is 10.6. The zero-order chi connectivity index (χ0) is 12.1. The minimum absolute atomic E-state index is 0.101. The van der Waals surface area contributed by atoms with Crippen molar-refractivity contribution in [3.05, 3.63) is 29.8 Å². The second-order valence-corrected chi connectivity index (χ2v) is 4.75. The molecule has 0 saturated heterocycles. The van der Waals surface area contributed by atoms with Crippen molar-refractivity contribution >= 4 is 11.7 Å². The predicted octanol–water partition coefficient (Wildman–Crippen LogP) is 3.06. The summed E-state index contributed by atoms with van der Waals surface area (Å²) < 4.78 is 0. The van der Waals surface area contributed by atoms with Crippen LogP contribution in [0.4, 0.5) is 5.69 Å². The van der Waals surface area contributed by atoms with E-state index in [1.54, 1.807) is 0 Å². The molecule has 3 nitrogen and oxygen atoms in total. The Kier molecular flexibility index (Phi) is 4.02. The molecular weight excluding hydrogens is 214 g/mol. The molecule has 0 aromatic heterocycles.